The van der Waals surface area contributed by atoms with Crippen molar-refractivity contribution in [1.82, 2.24) is 4.98 Å². The maximum atomic E-state index is 9.93. The molecule has 0 saturated heterocycles. The van der Waals surface area contributed by atoms with Gasteiger partial charge in [-0.1, -0.05) is 17.7 Å². The van der Waals surface area contributed by atoms with Crippen LogP contribution in [-0.2, 0) is 4.79 Å². The SMILES string of the molecule is Cc1ccc(Cl)nc1OC=O. The highest BCUT2D eigenvalue weighted by molar-refractivity contribution is 6.29. The smallest absolute Gasteiger partial charge is 0.299 e. The number of aromatic nitrogens is 1. The van der Waals surface area contributed by atoms with Crippen LogP contribution in [0.4, 0.5) is 0 Å². The predicted molar refractivity (Wildman–Crippen MR) is 40.7 cm³/mol. The van der Waals surface area contributed by atoms with Crippen LogP contribution in [-0.4, -0.2) is 11.5 Å². The van der Waals surface area contributed by atoms with Gasteiger partial charge in [0.15, 0.2) is 0 Å². The minimum Gasteiger partial charge on any atom is -0.409 e. The number of rotatable bonds is 2. The van der Waals surface area contributed by atoms with E-state index >= 15 is 0 Å². The van der Waals surface area contributed by atoms with Gasteiger partial charge in [-0.25, -0.2) is 4.98 Å². The Kier molecular flexibility index (Phi) is 2.44. The first-order chi connectivity index (χ1) is 5.24. The topological polar surface area (TPSA) is 39.2 Å². The molecule has 3 nitrogen and oxygen atoms in total. The first-order valence-corrected chi connectivity index (χ1v) is 3.35. The van der Waals surface area contributed by atoms with Crippen molar-refractivity contribution in [3.8, 4) is 5.88 Å². The Morgan fingerprint density at radius 3 is 3.00 bits per heavy atom. The number of halogens is 1. The standard InChI is InChI=1S/C7H6ClNO2/c1-5-2-3-6(8)9-7(5)11-4-10/h2-4H,1H3. The van der Waals surface area contributed by atoms with Gasteiger partial charge in [-0.15, -0.1) is 0 Å². The molecule has 0 bridgehead atoms. The summed E-state index contributed by atoms with van der Waals surface area (Å²) in [6, 6.07) is 3.36. The number of hydrogen-bond acceptors (Lipinski definition) is 3. The van der Waals surface area contributed by atoms with Gasteiger partial charge in [0.05, 0.1) is 0 Å². The molecule has 1 rings (SSSR count). The maximum absolute atomic E-state index is 9.93. The quantitative estimate of drug-likeness (QED) is 0.501. The van der Waals surface area contributed by atoms with Crippen molar-refractivity contribution in [2.24, 2.45) is 0 Å². The number of nitrogens with zero attached hydrogens (tertiary/aromatic N) is 1. The molecule has 1 aromatic rings. The third kappa shape index (κ3) is 1.91. The lowest BCUT2D eigenvalue weighted by atomic mass is 10.3. The molecule has 11 heavy (non-hydrogen) atoms. The van der Waals surface area contributed by atoms with Crippen LogP contribution in [0.2, 0.25) is 5.15 Å². The van der Waals surface area contributed by atoms with Gasteiger partial charge in [0.2, 0.25) is 5.88 Å². The summed E-state index contributed by atoms with van der Waals surface area (Å²) in [6.07, 6.45) is 0. The summed E-state index contributed by atoms with van der Waals surface area (Å²) in [5.41, 5.74) is 0.779. The molecule has 0 spiro atoms. The lowest BCUT2D eigenvalue weighted by Gasteiger charge is -1.99. The molecule has 1 heterocycles. The Morgan fingerprint density at radius 1 is 1.64 bits per heavy atom. The van der Waals surface area contributed by atoms with Crippen molar-refractivity contribution in [3.05, 3.63) is 22.8 Å². The fourth-order valence-electron chi connectivity index (χ4n) is 0.652. The van der Waals surface area contributed by atoms with E-state index in [1.165, 1.54) is 0 Å². The van der Waals surface area contributed by atoms with Crippen LogP contribution in [0.15, 0.2) is 12.1 Å². The summed E-state index contributed by atoms with van der Waals surface area (Å²) in [4.78, 5) is 13.7. The van der Waals surface area contributed by atoms with Crippen molar-refractivity contribution < 1.29 is 9.53 Å². The molecular formula is C7H6ClNO2. The van der Waals surface area contributed by atoms with Gasteiger partial charge < -0.3 is 4.74 Å². The summed E-state index contributed by atoms with van der Waals surface area (Å²) in [5.74, 6) is 0.257. The highest BCUT2D eigenvalue weighted by Crippen LogP contribution is 2.16. The van der Waals surface area contributed by atoms with Gasteiger partial charge >= 0.3 is 0 Å². The molecule has 4 heteroatoms. The third-order valence-electron chi connectivity index (χ3n) is 1.18. The van der Waals surface area contributed by atoms with Crippen molar-refractivity contribution in [2.75, 3.05) is 0 Å². The molecule has 58 valence electrons. The van der Waals surface area contributed by atoms with Crippen LogP contribution in [0.5, 0.6) is 5.88 Å². The molecular weight excluding hydrogens is 166 g/mol. The lowest BCUT2D eigenvalue weighted by Crippen LogP contribution is -1.94. The molecule has 0 unspecified atom stereocenters. The number of ether oxygens (including phenoxy) is 1. The molecule has 0 radical (unpaired) electrons. The normalized spacial score (nSPS) is 9.27. The van der Waals surface area contributed by atoms with E-state index in [9.17, 15) is 4.79 Å². The largest absolute Gasteiger partial charge is 0.409 e. The molecule has 1 aromatic heterocycles. The van der Waals surface area contributed by atoms with Crippen molar-refractivity contribution in [1.29, 1.82) is 0 Å². The average Bonchev–Trinajstić information content (AvgIpc) is 1.98. The van der Waals surface area contributed by atoms with Crippen molar-refractivity contribution in [2.45, 2.75) is 6.92 Å². The van der Waals surface area contributed by atoms with E-state index < -0.39 is 0 Å². The number of hydrogen-bond donors (Lipinski definition) is 0. The van der Waals surface area contributed by atoms with E-state index in [1.54, 1.807) is 19.1 Å². The van der Waals surface area contributed by atoms with Crippen molar-refractivity contribution >= 4 is 18.1 Å². The minimum absolute atomic E-state index is 0.257. The molecule has 0 aliphatic carbocycles. The summed E-state index contributed by atoms with van der Waals surface area (Å²) < 4.78 is 4.54. The highest BCUT2D eigenvalue weighted by Gasteiger charge is 2.00. The van der Waals surface area contributed by atoms with Crippen molar-refractivity contribution in [3.63, 3.8) is 0 Å². The van der Waals surface area contributed by atoms with Gasteiger partial charge in [0.1, 0.15) is 5.15 Å². The first kappa shape index (κ1) is 8.01. The van der Waals surface area contributed by atoms with Crippen LogP contribution in [0.3, 0.4) is 0 Å². The fourth-order valence-corrected chi connectivity index (χ4v) is 0.792. The van der Waals surface area contributed by atoms with E-state index in [-0.39, 0.29) is 5.88 Å². The summed E-state index contributed by atoms with van der Waals surface area (Å²) in [6.45, 7) is 2.10. The van der Waals surface area contributed by atoms with Crippen LogP contribution >= 0.6 is 11.6 Å². The molecule has 0 fully saturated rings. The number of carbonyl (C=O) groups is 1. The summed E-state index contributed by atoms with van der Waals surface area (Å²) in [7, 11) is 0. The summed E-state index contributed by atoms with van der Waals surface area (Å²) >= 11 is 5.55. The Balaban J connectivity index is 3.01. The van der Waals surface area contributed by atoms with E-state index in [4.69, 9.17) is 11.6 Å². The van der Waals surface area contributed by atoms with Crippen LogP contribution in [0, 0.1) is 6.92 Å². The van der Waals surface area contributed by atoms with E-state index in [1.807, 2.05) is 0 Å². The average molecular weight is 172 g/mol. The van der Waals surface area contributed by atoms with E-state index in [2.05, 4.69) is 9.72 Å². The fraction of sp³-hybridized carbons (Fsp3) is 0.143. The second-order valence-corrected chi connectivity index (χ2v) is 2.36. The zero-order valence-electron chi connectivity index (χ0n) is 5.87. The predicted octanol–water partition coefficient (Wildman–Crippen LogP) is 1.58. The Bertz CT molecular complexity index is 275. The molecule has 0 aromatic carbocycles. The number of pyridine rings is 1. The third-order valence-corrected chi connectivity index (χ3v) is 1.39. The second-order valence-electron chi connectivity index (χ2n) is 1.97. The Hall–Kier alpha value is -1.09. The minimum atomic E-state index is 0.257. The number of carbonyl (C=O) groups excluding carboxylic acids is 1. The molecule has 0 atom stereocenters. The molecule has 0 aliphatic heterocycles. The van der Waals surface area contributed by atoms with E-state index in [0.717, 1.165) is 5.56 Å². The second kappa shape index (κ2) is 3.34. The lowest BCUT2D eigenvalue weighted by molar-refractivity contribution is -0.121. The monoisotopic (exact) mass is 171 g/mol. The van der Waals surface area contributed by atoms with Crippen LogP contribution < -0.4 is 4.74 Å². The van der Waals surface area contributed by atoms with Gasteiger partial charge in [0.25, 0.3) is 6.47 Å². The van der Waals surface area contributed by atoms with Crippen LogP contribution in [0.1, 0.15) is 5.56 Å². The maximum Gasteiger partial charge on any atom is 0.299 e. The zero-order chi connectivity index (χ0) is 8.27. The molecule has 0 aliphatic rings. The highest BCUT2D eigenvalue weighted by atomic mass is 35.5. The Morgan fingerprint density at radius 2 is 2.36 bits per heavy atom. The van der Waals surface area contributed by atoms with Gasteiger partial charge in [-0.3, -0.25) is 4.79 Å². The first-order valence-electron chi connectivity index (χ1n) is 2.97. The number of aryl methyl sites for hydroxylation is 1. The zero-order valence-corrected chi connectivity index (χ0v) is 6.63. The van der Waals surface area contributed by atoms with Gasteiger partial charge in [0, 0.05) is 5.56 Å². The van der Waals surface area contributed by atoms with Gasteiger partial charge in [-0.05, 0) is 13.0 Å². The molecule has 0 N–H and O–H groups in total. The van der Waals surface area contributed by atoms with Crippen LogP contribution in [0.25, 0.3) is 0 Å². The molecule has 0 amide bonds. The van der Waals surface area contributed by atoms with E-state index in [0.29, 0.717) is 11.6 Å². The summed E-state index contributed by atoms with van der Waals surface area (Å²) in [5, 5.41) is 0.312. The molecule has 0 saturated carbocycles. The Labute approximate surface area is 69.0 Å². The van der Waals surface area contributed by atoms with Gasteiger partial charge in [-0.2, -0.15) is 0 Å².